The van der Waals surface area contributed by atoms with Crippen LogP contribution in [0.15, 0.2) is 24.3 Å². The quantitative estimate of drug-likeness (QED) is 0.0524. The van der Waals surface area contributed by atoms with E-state index < -0.39 is 23.8 Å². The molecule has 0 aromatic carbocycles. The van der Waals surface area contributed by atoms with Crippen molar-refractivity contribution in [3.05, 3.63) is 24.3 Å². The van der Waals surface area contributed by atoms with Gasteiger partial charge in [0.25, 0.3) is 0 Å². The number of carbonyl (C=O) groups excluding carboxylic acids is 2. The second-order valence-corrected chi connectivity index (χ2v) is 13.5. The summed E-state index contributed by atoms with van der Waals surface area (Å²) in [6.07, 6.45) is 44.0. The van der Waals surface area contributed by atoms with Crippen molar-refractivity contribution in [3.8, 4) is 0 Å². The molecule has 0 fully saturated rings. The zero-order valence-electron chi connectivity index (χ0n) is 29.4. The third-order valence-corrected chi connectivity index (χ3v) is 9.10. The third-order valence-electron chi connectivity index (χ3n) is 9.10. The Balaban J connectivity index is 4.05. The lowest BCUT2D eigenvalue weighted by atomic mass is 9.83. The number of carbonyl (C=O) groups is 2. The second kappa shape index (κ2) is 32.8. The molecule has 0 aromatic heterocycles. The first kappa shape index (κ1) is 42.4. The van der Waals surface area contributed by atoms with Crippen molar-refractivity contribution in [3.63, 3.8) is 0 Å². The summed E-state index contributed by atoms with van der Waals surface area (Å²) in [5, 5.41) is 23.4. The Morgan fingerprint density at radius 1 is 0.432 bits per heavy atom. The number of allylic oxidation sites excluding steroid dienone is 2. The summed E-state index contributed by atoms with van der Waals surface area (Å²) in [5.41, 5.74) is -1.62. The topological polar surface area (TPSA) is 80.3 Å². The molecule has 4 heteroatoms. The van der Waals surface area contributed by atoms with Crippen LogP contribution in [-0.2, 0) is 9.59 Å². The van der Waals surface area contributed by atoms with Gasteiger partial charge in [-0.2, -0.15) is 0 Å². The fourth-order valence-electron chi connectivity index (χ4n) is 6.12. The lowest BCUT2D eigenvalue weighted by Gasteiger charge is -2.29. The maximum absolute atomic E-state index is 12.0. The zero-order chi connectivity index (χ0) is 32.4. The Kier molecular flexibility index (Phi) is 31.6. The number of carboxylic acids is 2. The van der Waals surface area contributed by atoms with Crippen molar-refractivity contribution in [2.24, 2.45) is 5.41 Å². The number of rotatable bonds is 35. The molecule has 0 bridgehead atoms. The van der Waals surface area contributed by atoms with Gasteiger partial charge in [-0.1, -0.05) is 205 Å². The molecule has 44 heavy (non-hydrogen) atoms. The van der Waals surface area contributed by atoms with E-state index in [1.54, 1.807) is 0 Å². The van der Waals surface area contributed by atoms with Crippen LogP contribution in [0.1, 0.15) is 213 Å². The Labute approximate surface area is 274 Å². The summed E-state index contributed by atoms with van der Waals surface area (Å²) in [7, 11) is 0. The van der Waals surface area contributed by atoms with Gasteiger partial charge < -0.3 is 19.8 Å². The highest BCUT2D eigenvalue weighted by Crippen LogP contribution is 2.27. The highest BCUT2D eigenvalue weighted by atomic mass is 16.4. The van der Waals surface area contributed by atoms with E-state index in [0.29, 0.717) is 0 Å². The number of hydrogen-bond donors (Lipinski definition) is 0. The molecule has 0 spiro atoms. The maximum Gasteiger partial charge on any atom is 0.0556 e. The van der Waals surface area contributed by atoms with Crippen LogP contribution in [0, 0.1) is 5.41 Å². The molecular formula is C40H72O4-2. The second-order valence-electron chi connectivity index (χ2n) is 13.5. The minimum Gasteiger partial charge on any atom is -0.550 e. The van der Waals surface area contributed by atoms with Crippen LogP contribution in [0.3, 0.4) is 0 Å². The average Bonchev–Trinajstić information content (AvgIpc) is 3.00. The third kappa shape index (κ3) is 27.9. The molecule has 0 aliphatic carbocycles. The Hall–Kier alpha value is -1.58. The van der Waals surface area contributed by atoms with Crippen molar-refractivity contribution in [1.29, 1.82) is 0 Å². The number of carboxylic acid groups (broad SMARTS) is 2. The standard InChI is InChI=1S/C40H74O4/c1-3-5-7-9-11-13-15-17-19-21-23-25-27-29-31-33-35-40(39(43)44,37-38(41)42)36-34-32-30-28-26-24-22-20-18-16-14-12-10-8-6-4-2/h33-36H,3-32,37H2,1-2H3,(H,41,42)(H,43,44)/p-2/b35-33+,36-34+. The maximum atomic E-state index is 12.0. The van der Waals surface area contributed by atoms with Crippen molar-refractivity contribution < 1.29 is 19.8 Å². The SMILES string of the molecule is CCCCCCCCCCCCCCCC/C=C/C(/C=C/CCCCCCCCCCCCCCCC)(CC(=O)[O-])C(=O)[O-]. The molecule has 0 aliphatic heterocycles. The summed E-state index contributed by atoms with van der Waals surface area (Å²) in [4.78, 5) is 23.4. The summed E-state index contributed by atoms with van der Waals surface area (Å²) >= 11 is 0. The molecule has 0 amide bonds. The van der Waals surface area contributed by atoms with E-state index in [2.05, 4.69) is 13.8 Å². The van der Waals surface area contributed by atoms with Gasteiger partial charge in [0.2, 0.25) is 0 Å². The number of unbranched alkanes of at least 4 members (excludes halogenated alkanes) is 28. The van der Waals surface area contributed by atoms with E-state index in [1.165, 1.54) is 166 Å². The molecular weight excluding hydrogens is 544 g/mol. The fraction of sp³-hybridized carbons (Fsp3) is 0.850. The summed E-state index contributed by atoms with van der Waals surface area (Å²) < 4.78 is 0. The number of aliphatic carboxylic acids is 2. The zero-order valence-corrected chi connectivity index (χ0v) is 29.4. The van der Waals surface area contributed by atoms with Crippen LogP contribution in [0.2, 0.25) is 0 Å². The lowest BCUT2D eigenvalue weighted by molar-refractivity contribution is -0.323. The molecule has 0 saturated heterocycles. The molecule has 0 N–H and O–H groups in total. The van der Waals surface area contributed by atoms with E-state index in [1.807, 2.05) is 12.2 Å². The van der Waals surface area contributed by atoms with Gasteiger partial charge in [-0.25, -0.2) is 0 Å². The molecule has 0 radical (unpaired) electrons. The van der Waals surface area contributed by atoms with Crippen molar-refractivity contribution >= 4 is 11.9 Å². The molecule has 0 saturated carbocycles. The summed E-state index contributed by atoms with van der Waals surface area (Å²) in [5.74, 6) is -2.73. The summed E-state index contributed by atoms with van der Waals surface area (Å²) in [6.45, 7) is 4.53. The molecule has 0 unspecified atom stereocenters. The van der Waals surface area contributed by atoms with Crippen molar-refractivity contribution in [1.82, 2.24) is 0 Å². The van der Waals surface area contributed by atoms with E-state index in [4.69, 9.17) is 0 Å². The van der Waals surface area contributed by atoms with Gasteiger partial charge in [-0.05, 0) is 25.7 Å². The van der Waals surface area contributed by atoms with Crippen LogP contribution >= 0.6 is 0 Å². The van der Waals surface area contributed by atoms with E-state index >= 15 is 0 Å². The molecule has 258 valence electrons. The monoisotopic (exact) mass is 617 g/mol. The predicted octanol–water partition coefficient (Wildman–Crippen LogP) is 10.7. The van der Waals surface area contributed by atoms with Crippen molar-refractivity contribution in [2.75, 3.05) is 0 Å². The van der Waals surface area contributed by atoms with Crippen LogP contribution in [0.5, 0.6) is 0 Å². The Morgan fingerprint density at radius 2 is 0.682 bits per heavy atom. The van der Waals surface area contributed by atoms with Gasteiger partial charge in [-0.15, -0.1) is 0 Å². The molecule has 0 aromatic rings. The molecule has 0 aliphatic rings. The average molecular weight is 617 g/mol. The minimum absolute atomic E-state index is 0.584. The highest BCUT2D eigenvalue weighted by Gasteiger charge is 2.26. The molecule has 0 rings (SSSR count). The largest absolute Gasteiger partial charge is 0.550 e. The predicted molar refractivity (Wildman–Crippen MR) is 185 cm³/mol. The van der Waals surface area contributed by atoms with E-state index in [0.717, 1.165) is 38.5 Å². The Bertz CT molecular complexity index is 653. The first-order valence-electron chi connectivity index (χ1n) is 19.2. The summed E-state index contributed by atoms with van der Waals surface area (Å²) in [6, 6.07) is 0. The fourth-order valence-corrected chi connectivity index (χ4v) is 6.12. The minimum atomic E-state index is -1.62. The number of hydrogen-bond acceptors (Lipinski definition) is 4. The smallest absolute Gasteiger partial charge is 0.0556 e. The first-order valence-corrected chi connectivity index (χ1v) is 19.2. The van der Waals surface area contributed by atoms with E-state index in [-0.39, 0.29) is 0 Å². The van der Waals surface area contributed by atoms with Gasteiger partial charge in [-0.3, -0.25) is 0 Å². The van der Waals surface area contributed by atoms with E-state index in [9.17, 15) is 19.8 Å². The van der Waals surface area contributed by atoms with Crippen LogP contribution in [-0.4, -0.2) is 11.9 Å². The molecule has 0 heterocycles. The van der Waals surface area contributed by atoms with Crippen LogP contribution in [0.4, 0.5) is 0 Å². The van der Waals surface area contributed by atoms with Gasteiger partial charge >= 0.3 is 0 Å². The first-order chi connectivity index (χ1) is 21.5. The lowest BCUT2D eigenvalue weighted by Crippen LogP contribution is -2.43. The van der Waals surface area contributed by atoms with Crippen LogP contribution < -0.4 is 10.2 Å². The van der Waals surface area contributed by atoms with Gasteiger partial charge in [0, 0.05) is 12.4 Å². The molecule has 0 atom stereocenters. The van der Waals surface area contributed by atoms with Gasteiger partial charge in [0.05, 0.1) is 11.4 Å². The molecule has 4 nitrogen and oxygen atoms in total. The van der Waals surface area contributed by atoms with Gasteiger partial charge in [0.1, 0.15) is 0 Å². The highest BCUT2D eigenvalue weighted by molar-refractivity contribution is 5.83. The van der Waals surface area contributed by atoms with Crippen LogP contribution in [0.25, 0.3) is 0 Å². The van der Waals surface area contributed by atoms with Gasteiger partial charge in [0.15, 0.2) is 0 Å². The van der Waals surface area contributed by atoms with Crippen molar-refractivity contribution in [2.45, 2.75) is 213 Å². The Morgan fingerprint density at radius 3 is 0.909 bits per heavy atom. The normalized spacial score (nSPS) is 12.1.